The van der Waals surface area contributed by atoms with Gasteiger partial charge >= 0.3 is 0 Å². The van der Waals surface area contributed by atoms with Crippen LogP contribution in [0.4, 0.5) is 14.5 Å². The highest BCUT2D eigenvalue weighted by atomic mass is 19.1. The second-order valence-electron chi connectivity index (χ2n) is 6.81. The maximum Gasteiger partial charge on any atom is 0.137 e. The Labute approximate surface area is 153 Å². The molecule has 2 aromatic carbocycles. The van der Waals surface area contributed by atoms with Crippen LogP contribution in [-0.2, 0) is 0 Å². The van der Waals surface area contributed by atoms with Crippen molar-refractivity contribution < 1.29 is 8.78 Å². The molecule has 7 heteroatoms. The minimum absolute atomic E-state index is 0.122. The Balaban J connectivity index is 1.79. The van der Waals surface area contributed by atoms with Crippen molar-refractivity contribution in [3.05, 3.63) is 76.2 Å². The molecule has 136 valence electrons. The number of hydrogen-bond acceptors (Lipinski definition) is 4. The number of aromatic nitrogens is 3. The predicted octanol–water partition coefficient (Wildman–Crippen LogP) is 1.92. The van der Waals surface area contributed by atoms with Crippen molar-refractivity contribution in [2.24, 2.45) is 0 Å². The third kappa shape index (κ3) is 2.66. The lowest BCUT2D eigenvalue weighted by Gasteiger charge is -2.34. The maximum atomic E-state index is 14.2. The van der Waals surface area contributed by atoms with Crippen molar-refractivity contribution in [3.63, 3.8) is 0 Å². The quantitative estimate of drug-likeness (QED) is 0.649. The summed E-state index contributed by atoms with van der Waals surface area (Å²) in [5.74, 6) is 0.0181. The monoisotopic (exact) mass is 365 g/mol. The number of benzene rings is 2. The van der Waals surface area contributed by atoms with Crippen LogP contribution in [-0.4, -0.2) is 21.7 Å². The number of nitrogens with one attached hydrogen (secondary N) is 3. The Morgan fingerprint density at radius 3 is 2.67 bits per heavy atom. The van der Waals surface area contributed by atoms with Crippen LogP contribution < -0.4 is 21.1 Å². The first-order valence-electron chi connectivity index (χ1n) is 8.84. The minimum Gasteiger partial charge on any atom is -0.390 e. The van der Waals surface area contributed by atoms with E-state index >= 15 is 0 Å². The zero-order valence-electron chi connectivity index (χ0n) is 14.3. The highest BCUT2D eigenvalue weighted by Gasteiger charge is 2.35. The van der Waals surface area contributed by atoms with Gasteiger partial charge in [-0.1, -0.05) is 12.1 Å². The molecule has 0 amide bonds. The molecule has 0 fully saturated rings. The van der Waals surface area contributed by atoms with E-state index in [1.54, 1.807) is 12.1 Å². The molecular weight excluding hydrogens is 348 g/mol. The topological polar surface area (TPSA) is 65.6 Å². The number of anilines is 1. The van der Waals surface area contributed by atoms with E-state index in [4.69, 9.17) is 0 Å². The van der Waals surface area contributed by atoms with Crippen LogP contribution in [0, 0.1) is 11.6 Å². The van der Waals surface area contributed by atoms with Gasteiger partial charge in [0.2, 0.25) is 0 Å². The molecule has 0 saturated heterocycles. The summed E-state index contributed by atoms with van der Waals surface area (Å²) in [5, 5.41) is 15.5. The smallest absolute Gasteiger partial charge is 0.137 e. The molecule has 3 aromatic rings. The molecule has 3 heterocycles. The van der Waals surface area contributed by atoms with Crippen LogP contribution >= 0.6 is 0 Å². The average molecular weight is 365 g/mol. The molecule has 2 aliphatic heterocycles. The first-order valence-corrected chi connectivity index (χ1v) is 8.84. The molecule has 0 spiro atoms. The SMILES string of the molecule is Fc1ccc(C2Nc3cc(F)cc4c3=C(CCNC=4)C2c2ncn[nH]2)cc1. The third-order valence-corrected chi connectivity index (χ3v) is 5.23. The van der Waals surface area contributed by atoms with Gasteiger partial charge in [0.05, 0.1) is 12.0 Å². The Morgan fingerprint density at radius 2 is 1.89 bits per heavy atom. The van der Waals surface area contributed by atoms with E-state index in [2.05, 4.69) is 25.8 Å². The van der Waals surface area contributed by atoms with E-state index in [0.717, 1.165) is 46.1 Å². The summed E-state index contributed by atoms with van der Waals surface area (Å²) in [6.45, 7) is 0.742. The first kappa shape index (κ1) is 16.0. The summed E-state index contributed by atoms with van der Waals surface area (Å²) in [6, 6.07) is 9.22. The van der Waals surface area contributed by atoms with E-state index in [1.165, 1.54) is 30.6 Å². The van der Waals surface area contributed by atoms with Gasteiger partial charge in [0.15, 0.2) is 0 Å². The Bertz CT molecular complexity index is 1110. The van der Waals surface area contributed by atoms with E-state index in [0.29, 0.717) is 0 Å². The molecule has 2 aliphatic rings. The molecule has 0 aliphatic carbocycles. The van der Waals surface area contributed by atoms with Crippen LogP contribution in [0.3, 0.4) is 0 Å². The van der Waals surface area contributed by atoms with Crippen LogP contribution in [0.1, 0.15) is 29.8 Å². The van der Waals surface area contributed by atoms with E-state index in [1.807, 2.05) is 6.20 Å². The molecule has 3 N–H and O–H groups in total. The van der Waals surface area contributed by atoms with Crippen molar-refractivity contribution >= 4 is 17.5 Å². The number of halogens is 2. The fourth-order valence-corrected chi connectivity index (χ4v) is 4.12. The van der Waals surface area contributed by atoms with Crippen molar-refractivity contribution in [2.45, 2.75) is 18.4 Å². The second-order valence-corrected chi connectivity index (χ2v) is 6.81. The van der Waals surface area contributed by atoms with Crippen molar-refractivity contribution in [2.75, 3.05) is 11.9 Å². The molecule has 2 atom stereocenters. The summed E-state index contributed by atoms with van der Waals surface area (Å²) in [5.41, 5.74) is 2.80. The molecule has 5 rings (SSSR count). The van der Waals surface area contributed by atoms with Crippen molar-refractivity contribution in [1.82, 2.24) is 20.5 Å². The van der Waals surface area contributed by atoms with E-state index in [9.17, 15) is 8.78 Å². The van der Waals surface area contributed by atoms with Crippen molar-refractivity contribution in [3.8, 4) is 0 Å². The highest BCUT2D eigenvalue weighted by Crippen LogP contribution is 2.41. The van der Waals surface area contributed by atoms with E-state index < -0.39 is 0 Å². The van der Waals surface area contributed by atoms with Gasteiger partial charge < -0.3 is 10.6 Å². The zero-order chi connectivity index (χ0) is 18.4. The average Bonchev–Trinajstić information content (AvgIpc) is 3.10. The molecule has 0 saturated carbocycles. The Kier molecular flexibility index (Phi) is 3.67. The van der Waals surface area contributed by atoms with Crippen LogP contribution in [0.2, 0.25) is 0 Å². The Morgan fingerprint density at radius 1 is 1.04 bits per heavy atom. The highest BCUT2D eigenvalue weighted by molar-refractivity contribution is 5.69. The van der Waals surface area contributed by atoms with Gasteiger partial charge in [-0.2, -0.15) is 5.10 Å². The number of nitrogens with zero attached hydrogens (tertiary/aromatic N) is 2. The second kappa shape index (κ2) is 6.19. The fourth-order valence-electron chi connectivity index (χ4n) is 4.12. The summed E-state index contributed by atoms with van der Waals surface area (Å²) < 4.78 is 27.7. The van der Waals surface area contributed by atoms with Gasteiger partial charge in [-0.05, 0) is 41.8 Å². The molecular formula is C20H17F2N5. The molecule has 27 heavy (non-hydrogen) atoms. The molecule has 0 radical (unpaired) electrons. The predicted molar refractivity (Wildman–Crippen MR) is 98.0 cm³/mol. The molecule has 5 nitrogen and oxygen atoms in total. The molecule has 1 aromatic heterocycles. The van der Waals surface area contributed by atoms with Gasteiger partial charge in [-0.15, -0.1) is 0 Å². The zero-order valence-corrected chi connectivity index (χ0v) is 14.3. The lowest BCUT2D eigenvalue weighted by atomic mass is 9.80. The first-order chi connectivity index (χ1) is 13.2. The summed E-state index contributed by atoms with van der Waals surface area (Å²) in [7, 11) is 0. The lowest BCUT2D eigenvalue weighted by molar-refractivity contribution is 0.611. The number of rotatable bonds is 2. The molecule has 2 unspecified atom stereocenters. The third-order valence-electron chi connectivity index (χ3n) is 5.23. The van der Waals surface area contributed by atoms with Crippen LogP contribution in [0.25, 0.3) is 11.8 Å². The lowest BCUT2D eigenvalue weighted by Crippen LogP contribution is -2.39. The summed E-state index contributed by atoms with van der Waals surface area (Å²) in [4.78, 5) is 4.40. The maximum absolute atomic E-state index is 14.2. The molecule has 0 bridgehead atoms. The normalized spacial score (nSPS) is 20.7. The summed E-state index contributed by atoms with van der Waals surface area (Å²) in [6.07, 6.45) is 4.12. The van der Waals surface area contributed by atoms with Gasteiger partial charge in [0, 0.05) is 28.9 Å². The summed E-state index contributed by atoms with van der Waals surface area (Å²) >= 11 is 0. The van der Waals surface area contributed by atoms with Gasteiger partial charge in [-0.3, -0.25) is 5.10 Å². The minimum atomic E-state index is -0.300. The van der Waals surface area contributed by atoms with Crippen LogP contribution in [0.15, 0.2) is 42.7 Å². The van der Waals surface area contributed by atoms with Crippen LogP contribution in [0.5, 0.6) is 0 Å². The largest absolute Gasteiger partial charge is 0.390 e. The number of H-pyrrole nitrogens is 1. The fraction of sp³-hybridized carbons (Fsp3) is 0.200. The standard InChI is InChI=1S/C20H17F2N5/c21-13-3-1-11(2-4-13)19-18(20-24-10-25-27-20)15-5-6-23-9-12-7-14(22)8-16(26-19)17(12)15/h1-4,7-10,18-19,23,26H,5-6H2,(H,24,25,27). The van der Waals surface area contributed by atoms with E-state index in [-0.39, 0.29) is 23.6 Å². The number of hydrogen-bond donors (Lipinski definition) is 3. The van der Waals surface area contributed by atoms with Gasteiger partial charge in [0.1, 0.15) is 23.8 Å². The number of aromatic amines is 1. The van der Waals surface area contributed by atoms with Crippen molar-refractivity contribution in [1.29, 1.82) is 0 Å². The van der Waals surface area contributed by atoms with Gasteiger partial charge in [0.25, 0.3) is 0 Å². The Hall–Kier alpha value is -3.22. The van der Waals surface area contributed by atoms with Gasteiger partial charge in [-0.25, -0.2) is 13.8 Å².